The third-order valence-corrected chi connectivity index (χ3v) is 4.68. The van der Waals surface area contributed by atoms with Gasteiger partial charge in [-0.05, 0) is 36.6 Å². The fourth-order valence-corrected chi connectivity index (χ4v) is 3.27. The van der Waals surface area contributed by atoms with E-state index in [1.54, 1.807) is 12.1 Å². The van der Waals surface area contributed by atoms with Crippen LogP contribution in [0.15, 0.2) is 42.5 Å². The summed E-state index contributed by atoms with van der Waals surface area (Å²) in [5.74, 6) is -2.24. The number of carbonyl (C=O) groups is 3. The summed E-state index contributed by atoms with van der Waals surface area (Å²) in [7, 11) is 1.35. The van der Waals surface area contributed by atoms with E-state index in [1.165, 1.54) is 31.4 Å². The highest BCUT2D eigenvalue weighted by molar-refractivity contribution is 6.22. The lowest BCUT2D eigenvalue weighted by Crippen LogP contribution is -2.47. The average Bonchev–Trinajstić information content (AvgIpc) is 2.96. The summed E-state index contributed by atoms with van der Waals surface area (Å²) in [6.45, 7) is 3.66. The number of rotatable bonds is 7. The highest BCUT2D eigenvalue weighted by atomic mass is 16.6. The molecule has 0 N–H and O–H groups in total. The van der Waals surface area contributed by atoms with Gasteiger partial charge >= 0.3 is 11.7 Å². The molecule has 1 heterocycles. The Morgan fingerprint density at radius 3 is 2.20 bits per heavy atom. The predicted molar refractivity (Wildman–Crippen MR) is 105 cm³/mol. The number of amides is 2. The number of esters is 1. The SMILES string of the molecule is COc1ccc(OC(=O)C(CC(C)C)N2C(=O)c3ccccc3C2=O)c([N+](=O)[O-])c1. The first-order chi connectivity index (χ1) is 14.2. The monoisotopic (exact) mass is 412 g/mol. The largest absolute Gasteiger partial charge is 0.496 e. The van der Waals surface area contributed by atoms with Crippen LogP contribution in [0.3, 0.4) is 0 Å². The molecule has 1 atom stereocenters. The molecule has 0 saturated heterocycles. The Morgan fingerprint density at radius 1 is 1.10 bits per heavy atom. The van der Waals surface area contributed by atoms with Crippen LogP contribution in [-0.4, -0.2) is 40.8 Å². The van der Waals surface area contributed by atoms with Crippen molar-refractivity contribution in [2.75, 3.05) is 7.11 Å². The Hall–Kier alpha value is -3.75. The van der Waals surface area contributed by atoms with Gasteiger partial charge in [-0.2, -0.15) is 0 Å². The zero-order valence-corrected chi connectivity index (χ0v) is 16.7. The molecule has 1 aliphatic rings. The fraction of sp³-hybridized carbons (Fsp3) is 0.286. The lowest BCUT2D eigenvalue weighted by atomic mass is 10.0. The van der Waals surface area contributed by atoms with Gasteiger partial charge in [-0.15, -0.1) is 0 Å². The number of carbonyl (C=O) groups excluding carboxylic acids is 3. The minimum Gasteiger partial charge on any atom is -0.496 e. The summed E-state index contributed by atoms with van der Waals surface area (Å²) in [5.41, 5.74) is -0.0488. The maximum atomic E-state index is 13.0. The number of hydrogen-bond acceptors (Lipinski definition) is 7. The molecule has 2 aromatic carbocycles. The Labute approximate surface area is 172 Å². The summed E-state index contributed by atoms with van der Waals surface area (Å²) in [4.78, 5) is 50.2. The lowest BCUT2D eigenvalue weighted by molar-refractivity contribution is -0.385. The lowest BCUT2D eigenvalue weighted by Gasteiger charge is -2.25. The molecular weight excluding hydrogens is 392 g/mol. The van der Waals surface area contributed by atoms with Gasteiger partial charge in [0.15, 0.2) is 0 Å². The van der Waals surface area contributed by atoms with Crippen molar-refractivity contribution in [3.63, 3.8) is 0 Å². The molecule has 2 aromatic rings. The van der Waals surface area contributed by atoms with Gasteiger partial charge in [0, 0.05) is 0 Å². The second-order valence-corrected chi connectivity index (χ2v) is 7.18. The van der Waals surface area contributed by atoms with Crippen LogP contribution < -0.4 is 9.47 Å². The van der Waals surface area contributed by atoms with Crippen molar-refractivity contribution >= 4 is 23.5 Å². The number of benzene rings is 2. The Bertz CT molecular complexity index is 997. The second kappa shape index (κ2) is 8.32. The molecular formula is C21H20N2O7. The van der Waals surface area contributed by atoms with Crippen molar-refractivity contribution in [2.45, 2.75) is 26.3 Å². The standard InChI is InChI=1S/C21H20N2O7/c1-12(2)10-17(22-19(24)14-6-4-5-7-15(14)20(22)25)21(26)30-18-9-8-13(29-3)11-16(18)23(27)28/h4-9,11-12,17H,10H2,1-3H3. The molecule has 0 radical (unpaired) electrons. The van der Waals surface area contributed by atoms with Crippen LogP contribution in [0.25, 0.3) is 0 Å². The van der Waals surface area contributed by atoms with Crippen LogP contribution in [-0.2, 0) is 4.79 Å². The van der Waals surface area contributed by atoms with Gasteiger partial charge in [-0.25, -0.2) is 4.79 Å². The van der Waals surface area contributed by atoms with Gasteiger partial charge in [0.2, 0.25) is 5.75 Å². The van der Waals surface area contributed by atoms with Crippen molar-refractivity contribution in [3.8, 4) is 11.5 Å². The summed E-state index contributed by atoms with van der Waals surface area (Å²) < 4.78 is 10.3. The van der Waals surface area contributed by atoms with Gasteiger partial charge in [0.25, 0.3) is 11.8 Å². The van der Waals surface area contributed by atoms with E-state index in [0.29, 0.717) is 0 Å². The van der Waals surface area contributed by atoms with E-state index in [9.17, 15) is 24.5 Å². The van der Waals surface area contributed by atoms with E-state index < -0.39 is 34.4 Å². The van der Waals surface area contributed by atoms with Crippen molar-refractivity contribution in [1.29, 1.82) is 0 Å². The molecule has 1 aliphatic heterocycles. The summed E-state index contributed by atoms with van der Waals surface area (Å²) in [6, 6.07) is 8.84. The molecule has 0 aliphatic carbocycles. The molecule has 156 valence electrons. The van der Waals surface area contributed by atoms with Crippen molar-refractivity contribution in [3.05, 3.63) is 63.7 Å². The quantitative estimate of drug-likeness (QED) is 0.225. The zero-order chi connectivity index (χ0) is 22.0. The second-order valence-electron chi connectivity index (χ2n) is 7.18. The van der Waals surface area contributed by atoms with Crippen LogP contribution >= 0.6 is 0 Å². The normalized spacial score (nSPS) is 13.9. The number of ether oxygens (including phenoxy) is 2. The van der Waals surface area contributed by atoms with Crippen molar-refractivity contribution in [1.82, 2.24) is 4.90 Å². The van der Waals surface area contributed by atoms with Gasteiger partial charge in [-0.1, -0.05) is 26.0 Å². The van der Waals surface area contributed by atoms with Gasteiger partial charge in [0.1, 0.15) is 11.8 Å². The molecule has 30 heavy (non-hydrogen) atoms. The predicted octanol–water partition coefficient (Wildman–Crippen LogP) is 3.22. The van der Waals surface area contributed by atoms with Gasteiger partial charge < -0.3 is 9.47 Å². The zero-order valence-electron chi connectivity index (χ0n) is 16.7. The van der Waals surface area contributed by atoms with Crippen LogP contribution in [0.4, 0.5) is 5.69 Å². The minimum absolute atomic E-state index is 0.0577. The summed E-state index contributed by atoms with van der Waals surface area (Å²) in [6.07, 6.45) is 0.147. The number of nitrogens with zero attached hydrogens (tertiary/aromatic N) is 2. The first-order valence-corrected chi connectivity index (χ1v) is 9.25. The molecule has 9 nitrogen and oxygen atoms in total. The smallest absolute Gasteiger partial charge is 0.335 e. The number of methoxy groups -OCH3 is 1. The first-order valence-electron chi connectivity index (χ1n) is 9.25. The molecule has 0 spiro atoms. The molecule has 0 aromatic heterocycles. The van der Waals surface area contributed by atoms with Crippen molar-refractivity contribution < 1.29 is 28.8 Å². The van der Waals surface area contributed by atoms with Crippen LogP contribution in [0, 0.1) is 16.0 Å². The Kier molecular flexibility index (Phi) is 5.81. The average molecular weight is 412 g/mol. The van der Waals surface area contributed by atoms with E-state index in [-0.39, 0.29) is 35.0 Å². The summed E-state index contributed by atoms with van der Waals surface area (Å²) in [5, 5.41) is 11.4. The Morgan fingerprint density at radius 2 is 1.70 bits per heavy atom. The topological polar surface area (TPSA) is 116 Å². The summed E-state index contributed by atoms with van der Waals surface area (Å²) >= 11 is 0. The number of nitro groups is 1. The highest BCUT2D eigenvalue weighted by Crippen LogP contribution is 2.33. The van der Waals surface area contributed by atoms with Crippen molar-refractivity contribution in [2.24, 2.45) is 5.92 Å². The van der Waals surface area contributed by atoms with Gasteiger partial charge in [0.05, 0.1) is 29.2 Å². The van der Waals surface area contributed by atoms with E-state index >= 15 is 0 Å². The van der Waals surface area contributed by atoms with Gasteiger partial charge in [-0.3, -0.25) is 24.6 Å². The number of imide groups is 1. The van der Waals surface area contributed by atoms with Crippen LogP contribution in [0.1, 0.15) is 41.0 Å². The third kappa shape index (κ3) is 3.86. The van der Waals surface area contributed by atoms with Crippen LogP contribution in [0.5, 0.6) is 11.5 Å². The molecule has 0 bridgehead atoms. The third-order valence-electron chi connectivity index (χ3n) is 4.68. The molecule has 2 amide bonds. The number of nitro benzene ring substituents is 1. The van der Waals surface area contributed by atoms with E-state index in [4.69, 9.17) is 9.47 Å². The van der Waals surface area contributed by atoms with E-state index in [2.05, 4.69) is 0 Å². The fourth-order valence-electron chi connectivity index (χ4n) is 3.27. The van der Waals surface area contributed by atoms with E-state index in [0.717, 1.165) is 11.0 Å². The Balaban J connectivity index is 1.94. The number of fused-ring (bicyclic) bond motifs is 1. The maximum absolute atomic E-state index is 13.0. The van der Waals surface area contributed by atoms with Crippen LogP contribution in [0.2, 0.25) is 0 Å². The number of hydrogen-bond donors (Lipinski definition) is 0. The molecule has 1 unspecified atom stereocenters. The first kappa shape index (κ1) is 21.0. The van der Waals surface area contributed by atoms with E-state index in [1.807, 2.05) is 13.8 Å². The molecule has 3 rings (SSSR count). The highest BCUT2D eigenvalue weighted by Gasteiger charge is 2.44. The minimum atomic E-state index is -1.22. The maximum Gasteiger partial charge on any atom is 0.335 e. The molecule has 0 fully saturated rings. The molecule has 9 heteroatoms. The molecule has 0 saturated carbocycles.